The smallest absolute Gasteiger partial charge is 0.248 e. The zero-order chi connectivity index (χ0) is 12.2. The van der Waals surface area contributed by atoms with Gasteiger partial charge in [-0.1, -0.05) is 23.3 Å². The Hall–Kier alpha value is -2.28. The Morgan fingerprint density at radius 2 is 2.11 bits per heavy atom. The van der Waals surface area contributed by atoms with Crippen LogP contribution in [0, 0.1) is 0 Å². The minimum Gasteiger partial charge on any atom is -0.347 e. The third-order valence-corrected chi connectivity index (χ3v) is 3.02. The van der Waals surface area contributed by atoms with Crippen LogP contribution in [0.1, 0.15) is 5.69 Å². The number of hydrogen-bond donors (Lipinski definition) is 1. The van der Waals surface area contributed by atoms with Gasteiger partial charge in [-0.2, -0.15) is 4.68 Å². The molecule has 0 spiro atoms. The SMILES string of the molecule is c1ccc(-n2nnnc2NCc2cscn2)cc1. The summed E-state index contributed by atoms with van der Waals surface area (Å²) in [7, 11) is 0. The van der Waals surface area contributed by atoms with E-state index in [1.165, 1.54) is 0 Å². The van der Waals surface area contributed by atoms with E-state index >= 15 is 0 Å². The van der Waals surface area contributed by atoms with Crippen LogP contribution < -0.4 is 5.32 Å². The van der Waals surface area contributed by atoms with Crippen LogP contribution in [0.3, 0.4) is 0 Å². The van der Waals surface area contributed by atoms with Gasteiger partial charge in [0.2, 0.25) is 5.95 Å². The molecule has 7 heteroatoms. The number of thiazole rings is 1. The first-order valence-corrected chi connectivity index (χ1v) is 6.32. The highest BCUT2D eigenvalue weighted by Gasteiger charge is 2.07. The van der Waals surface area contributed by atoms with E-state index < -0.39 is 0 Å². The number of aromatic nitrogens is 5. The van der Waals surface area contributed by atoms with E-state index in [2.05, 4.69) is 25.8 Å². The van der Waals surface area contributed by atoms with Gasteiger partial charge in [-0.3, -0.25) is 0 Å². The molecule has 0 saturated heterocycles. The number of hydrogen-bond acceptors (Lipinski definition) is 6. The molecule has 0 radical (unpaired) electrons. The summed E-state index contributed by atoms with van der Waals surface area (Å²) in [5.74, 6) is 0.606. The summed E-state index contributed by atoms with van der Waals surface area (Å²) < 4.78 is 1.66. The van der Waals surface area contributed by atoms with Crippen LogP contribution in [0.25, 0.3) is 5.69 Å². The summed E-state index contributed by atoms with van der Waals surface area (Å²) in [5, 5.41) is 16.8. The molecule has 0 saturated carbocycles. The van der Waals surface area contributed by atoms with Crippen molar-refractivity contribution in [3.63, 3.8) is 0 Å². The highest BCUT2D eigenvalue weighted by molar-refractivity contribution is 7.07. The summed E-state index contributed by atoms with van der Waals surface area (Å²) in [4.78, 5) is 4.20. The Labute approximate surface area is 107 Å². The van der Waals surface area contributed by atoms with Crippen LogP contribution in [0.15, 0.2) is 41.2 Å². The Balaban J connectivity index is 1.80. The highest BCUT2D eigenvalue weighted by atomic mass is 32.1. The molecule has 0 aliphatic heterocycles. The first-order chi connectivity index (χ1) is 8.93. The molecule has 3 aromatic rings. The molecule has 0 atom stereocenters. The van der Waals surface area contributed by atoms with Crippen LogP contribution in [-0.2, 0) is 6.54 Å². The Bertz CT molecular complexity index is 604. The lowest BCUT2D eigenvalue weighted by molar-refractivity contribution is 0.789. The molecular formula is C11H10N6S. The minimum atomic E-state index is 0.606. The van der Waals surface area contributed by atoms with Crippen LogP contribution in [0.5, 0.6) is 0 Å². The summed E-state index contributed by atoms with van der Waals surface area (Å²) >= 11 is 1.57. The molecule has 0 fully saturated rings. The molecule has 18 heavy (non-hydrogen) atoms. The summed E-state index contributed by atoms with van der Waals surface area (Å²) in [5.41, 5.74) is 3.70. The second kappa shape index (κ2) is 4.92. The number of nitrogens with one attached hydrogen (secondary N) is 1. The molecule has 0 aliphatic rings. The molecule has 0 aliphatic carbocycles. The first-order valence-electron chi connectivity index (χ1n) is 5.38. The monoisotopic (exact) mass is 258 g/mol. The molecule has 2 aromatic heterocycles. The van der Waals surface area contributed by atoms with Crippen molar-refractivity contribution in [1.29, 1.82) is 0 Å². The van der Waals surface area contributed by atoms with E-state index in [1.54, 1.807) is 21.5 Å². The molecule has 0 amide bonds. The lowest BCUT2D eigenvalue weighted by Crippen LogP contribution is -2.07. The van der Waals surface area contributed by atoms with Crippen molar-refractivity contribution >= 4 is 17.3 Å². The number of nitrogens with zero attached hydrogens (tertiary/aromatic N) is 5. The number of tetrazole rings is 1. The van der Waals surface area contributed by atoms with Gasteiger partial charge < -0.3 is 5.32 Å². The third-order valence-electron chi connectivity index (χ3n) is 2.38. The molecule has 0 unspecified atom stereocenters. The number of para-hydroxylation sites is 1. The van der Waals surface area contributed by atoms with Crippen molar-refractivity contribution in [3.05, 3.63) is 46.9 Å². The molecule has 2 heterocycles. The lowest BCUT2D eigenvalue weighted by atomic mass is 10.3. The van der Waals surface area contributed by atoms with E-state index in [0.717, 1.165) is 11.4 Å². The van der Waals surface area contributed by atoms with Crippen LogP contribution >= 0.6 is 11.3 Å². The van der Waals surface area contributed by atoms with Gasteiger partial charge in [0.05, 0.1) is 23.4 Å². The normalized spacial score (nSPS) is 10.4. The van der Waals surface area contributed by atoms with Gasteiger partial charge in [0.1, 0.15) is 0 Å². The number of rotatable bonds is 4. The predicted octanol–water partition coefficient (Wildman–Crippen LogP) is 1.73. The lowest BCUT2D eigenvalue weighted by Gasteiger charge is -2.05. The summed E-state index contributed by atoms with van der Waals surface area (Å²) in [6.07, 6.45) is 0. The predicted molar refractivity (Wildman–Crippen MR) is 68.6 cm³/mol. The van der Waals surface area contributed by atoms with E-state index in [-0.39, 0.29) is 0 Å². The van der Waals surface area contributed by atoms with Gasteiger partial charge in [0, 0.05) is 5.38 Å². The molecule has 0 bridgehead atoms. The Morgan fingerprint density at radius 1 is 1.22 bits per heavy atom. The second-order valence-corrected chi connectivity index (χ2v) is 4.30. The average molecular weight is 258 g/mol. The maximum absolute atomic E-state index is 4.20. The van der Waals surface area contributed by atoms with E-state index in [1.807, 2.05) is 35.7 Å². The zero-order valence-corrected chi connectivity index (χ0v) is 10.2. The fraction of sp³-hybridized carbons (Fsp3) is 0.0909. The molecule has 1 aromatic carbocycles. The summed E-state index contributed by atoms with van der Waals surface area (Å²) in [6.45, 7) is 0.608. The quantitative estimate of drug-likeness (QED) is 0.772. The topological polar surface area (TPSA) is 68.5 Å². The fourth-order valence-corrected chi connectivity index (χ4v) is 2.09. The van der Waals surface area contributed by atoms with Crippen molar-refractivity contribution in [2.45, 2.75) is 6.54 Å². The number of anilines is 1. The molecule has 3 rings (SSSR count). The van der Waals surface area contributed by atoms with Crippen LogP contribution in [0.4, 0.5) is 5.95 Å². The van der Waals surface area contributed by atoms with Crippen molar-refractivity contribution in [2.24, 2.45) is 0 Å². The Morgan fingerprint density at radius 3 is 2.89 bits per heavy atom. The maximum atomic E-state index is 4.20. The minimum absolute atomic E-state index is 0.606. The fourth-order valence-electron chi connectivity index (χ4n) is 1.53. The molecular weight excluding hydrogens is 248 g/mol. The maximum Gasteiger partial charge on any atom is 0.248 e. The third kappa shape index (κ3) is 2.21. The molecule has 1 N–H and O–H groups in total. The average Bonchev–Trinajstić information content (AvgIpc) is 3.09. The van der Waals surface area contributed by atoms with Gasteiger partial charge in [0.25, 0.3) is 0 Å². The van der Waals surface area contributed by atoms with Crippen LogP contribution in [-0.4, -0.2) is 25.2 Å². The van der Waals surface area contributed by atoms with Crippen molar-refractivity contribution in [2.75, 3.05) is 5.32 Å². The highest BCUT2D eigenvalue weighted by Crippen LogP contribution is 2.11. The van der Waals surface area contributed by atoms with Gasteiger partial charge in [0.15, 0.2) is 0 Å². The van der Waals surface area contributed by atoms with E-state index in [4.69, 9.17) is 0 Å². The van der Waals surface area contributed by atoms with Gasteiger partial charge in [-0.15, -0.1) is 11.3 Å². The largest absolute Gasteiger partial charge is 0.347 e. The van der Waals surface area contributed by atoms with Crippen molar-refractivity contribution < 1.29 is 0 Å². The van der Waals surface area contributed by atoms with Gasteiger partial charge >= 0.3 is 0 Å². The summed E-state index contributed by atoms with van der Waals surface area (Å²) in [6, 6.07) is 9.74. The standard InChI is InChI=1S/C11H10N6S/c1-2-4-10(5-3-1)17-11(14-15-16-17)12-6-9-7-18-8-13-9/h1-5,7-8H,6H2,(H,12,14,16). The van der Waals surface area contributed by atoms with Gasteiger partial charge in [-0.25, -0.2) is 4.98 Å². The number of benzene rings is 1. The zero-order valence-electron chi connectivity index (χ0n) is 9.39. The van der Waals surface area contributed by atoms with Crippen molar-refractivity contribution in [3.8, 4) is 5.69 Å². The van der Waals surface area contributed by atoms with E-state index in [9.17, 15) is 0 Å². The molecule has 90 valence electrons. The van der Waals surface area contributed by atoms with Crippen LogP contribution in [0.2, 0.25) is 0 Å². The molecule has 6 nitrogen and oxygen atoms in total. The van der Waals surface area contributed by atoms with E-state index in [0.29, 0.717) is 12.5 Å². The van der Waals surface area contributed by atoms with Gasteiger partial charge in [-0.05, 0) is 22.6 Å². The first kappa shape index (κ1) is 10.8. The van der Waals surface area contributed by atoms with Crippen molar-refractivity contribution in [1.82, 2.24) is 25.2 Å². The Kier molecular flexibility index (Phi) is 2.97. The second-order valence-electron chi connectivity index (χ2n) is 3.58.